The summed E-state index contributed by atoms with van der Waals surface area (Å²) in [4.78, 5) is 26.0. The van der Waals surface area contributed by atoms with Crippen LogP contribution in [0.1, 0.15) is 41.7 Å². The van der Waals surface area contributed by atoms with Gasteiger partial charge in [-0.2, -0.15) is 0 Å². The molecule has 5 aromatic rings. The van der Waals surface area contributed by atoms with Crippen LogP contribution in [0.2, 0.25) is 0 Å². The molecule has 338 valence electrons. The number of carbonyl (C=O) groups excluding carboxylic acids is 2. The van der Waals surface area contributed by atoms with Gasteiger partial charge >= 0.3 is 0 Å². The van der Waals surface area contributed by atoms with Gasteiger partial charge in [0.25, 0.3) is 0 Å². The molecule has 0 radical (unpaired) electrons. The third-order valence-electron chi connectivity index (χ3n) is 11.0. The van der Waals surface area contributed by atoms with E-state index in [0.717, 1.165) is 27.8 Å². The van der Waals surface area contributed by atoms with Crippen molar-refractivity contribution in [2.75, 3.05) is 13.2 Å². The Bertz CT molecular complexity index is 2120. The molecule has 13 heteroatoms. The van der Waals surface area contributed by atoms with E-state index < -0.39 is 67.2 Å². The second-order valence-electron chi connectivity index (χ2n) is 15.9. The van der Waals surface area contributed by atoms with Crippen LogP contribution in [0.5, 0.6) is 0 Å². The van der Waals surface area contributed by atoms with Crippen LogP contribution in [0.3, 0.4) is 0 Å². The van der Waals surface area contributed by atoms with Crippen LogP contribution in [0.15, 0.2) is 152 Å². The Hall–Kier alpha value is -5.32. The van der Waals surface area contributed by atoms with E-state index in [2.05, 4.69) is 10.6 Å². The Morgan fingerprint density at radius 3 is 1.22 bits per heavy atom. The maximum Gasteiger partial charge on any atom is 0.217 e. The fourth-order valence-corrected chi connectivity index (χ4v) is 7.94. The lowest BCUT2D eigenvalue weighted by atomic mass is 9.93. The lowest BCUT2D eigenvalue weighted by molar-refractivity contribution is -0.340. The van der Waals surface area contributed by atoms with Gasteiger partial charge in [-0.1, -0.05) is 152 Å². The van der Waals surface area contributed by atoms with Gasteiger partial charge in [0, 0.05) is 13.8 Å². The van der Waals surface area contributed by atoms with Crippen LogP contribution >= 0.6 is 0 Å². The molecular weight excluding hydrogens is 817 g/mol. The minimum absolute atomic E-state index is 0.0352. The highest BCUT2D eigenvalue weighted by molar-refractivity contribution is 5.73. The molecule has 0 aromatic heterocycles. The summed E-state index contributed by atoms with van der Waals surface area (Å²) in [6.07, 6.45) is -8.15. The second-order valence-corrected chi connectivity index (χ2v) is 15.9. The van der Waals surface area contributed by atoms with E-state index in [4.69, 9.17) is 37.9 Å². The predicted molar refractivity (Wildman–Crippen MR) is 237 cm³/mol. The molecule has 13 nitrogen and oxygen atoms in total. The molecule has 2 amide bonds. The average molecular weight is 875 g/mol. The van der Waals surface area contributed by atoms with Gasteiger partial charge < -0.3 is 53.6 Å². The van der Waals surface area contributed by atoms with E-state index in [0.29, 0.717) is 6.61 Å². The van der Waals surface area contributed by atoms with Crippen LogP contribution < -0.4 is 10.6 Å². The van der Waals surface area contributed by atoms with Gasteiger partial charge in [-0.25, -0.2) is 0 Å². The SMILES string of the molecule is CC(=O)N[C@@H]1[C@H](O[C@H]2[C@H](OCc3ccccc3)[C@H](NC(C)=O)[C@@H](O)O[C@@H]2COCc2ccccc2)O[C@H](COCc2ccccc2)[C@@H](OCc2ccccc2)[C@@H]1OCc1ccccc1. The zero-order valence-corrected chi connectivity index (χ0v) is 36.2. The fraction of sp³-hybridized carbons (Fsp3) is 0.373. The van der Waals surface area contributed by atoms with E-state index >= 15 is 0 Å². The monoisotopic (exact) mass is 874 g/mol. The summed E-state index contributed by atoms with van der Waals surface area (Å²) >= 11 is 0. The van der Waals surface area contributed by atoms with Crippen LogP contribution in [0.25, 0.3) is 0 Å². The van der Waals surface area contributed by atoms with Crippen molar-refractivity contribution in [2.24, 2.45) is 0 Å². The van der Waals surface area contributed by atoms with Crippen molar-refractivity contribution in [3.8, 4) is 0 Å². The Morgan fingerprint density at radius 2 is 0.812 bits per heavy atom. The number of amides is 2. The van der Waals surface area contributed by atoms with E-state index in [-0.39, 0.29) is 45.5 Å². The molecule has 2 aliphatic rings. The zero-order chi connectivity index (χ0) is 44.5. The van der Waals surface area contributed by atoms with Gasteiger partial charge in [0.2, 0.25) is 11.8 Å². The van der Waals surface area contributed by atoms with Gasteiger partial charge in [0.15, 0.2) is 12.6 Å². The number of aliphatic hydroxyl groups is 1. The summed E-state index contributed by atoms with van der Waals surface area (Å²) in [5.74, 6) is -0.769. The van der Waals surface area contributed by atoms with Gasteiger partial charge in [-0.3, -0.25) is 9.59 Å². The number of hydrogen-bond acceptors (Lipinski definition) is 11. The fourth-order valence-electron chi connectivity index (χ4n) is 7.94. The minimum Gasteiger partial charge on any atom is -0.374 e. The predicted octanol–water partition coefficient (Wildman–Crippen LogP) is 6.01. The Kier molecular flexibility index (Phi) is 17.6. The molecule has 0 saturated carbocycles. The van der Waals surface area contributed by atoms with Crippen molar-refractivity contribution in [1.29, 1.82) is 0 Å². The first-order valence-electron chi connectivity index (χ1n) is 21.7. The Morgan fingerprint density at radius 1 is 0.469 bits per heavy atom. The van der Waals surface area contributed by atoms with Crippen LogP contribution in [-0.4, -0.2) is 91.4 Å². The Balaban J connectivity index is 1.25. The lowest BCUT2D eigenvalue weighted by Gasteiger charge is -2.50. The number of hydrogen-bond donors (Lipinski definition) is 3. The largest absolute Gasteiger partial charge is 0.374 e. The highest BCUT2D eigenvalue weighted by Crippen LogP contribution is 2.34. The van der Waals surface area contributed by atoms with Crippen molar-refractivity contribution in [1.82, 2.24) is 10.6 Å². The smallest absolute Gasteiger partial charge is 0.217 e. The van der Waals surface area contributed by atoms with Crippen LogP contribution in [0.4, 0.5) is 0 Å². The molecular formula is C51H58N2O11. The molecule has 5 aromatic carbocycles. The quantitative estimate of drug-likeness (QED) is 0.0795. The van der Waals surface area contributed by atoms with Crippen LogP contribution in [-0.2, 0) is 80.5 Å². The maximum absolute atomic E-state index is 13.3. The zero-order valence-electron chi connectivity index (χ0n) is 36.2. The van der Waals surface area contributed by atoms with Crippen LogP contribution in [0, 0.1) is 0 Å². The van der Waals surface area contributed by atoms with Gasteiger partial charge in [0.05, 0.1) is 46.2 Å². The minimum atomic E-state index is -1.50. The number of benzene rings is 5. The molecule has 2 fully saturated rings. The lowest BCUT2D eigenvalue weighted by Crippen LogP contribution is -2.70. The molecule has 0 spiro atoms. The molecule has 0 bridgehead atoms. The number of nitrogens with one attached hydrogen (secondary N) is 2. The Labute approximate surface area is 374 Å². The number of rotatable bonds is 21. The van der Waals surface area contributed by atoms with E-state index in [1.54, 1.807) is 0 Å². The van der Waals surface area contributed by atoms with Gasteiger partial charge in [-0.15, -0.1) is 0 Å². The maximum atomic E-state index is 13.3. The van der Waals surface area contributed by atoms with E-state index in [1.165, 1.54) is 13.8 Å². The molecule has 2 aliphatic heterocycles. The molecule has 3 N–H and O–H groups in total. The van der Waals surface area contributed by atoms with Crippen molar-refractivity contribution in [2.45, 2.75) is 108 Å². The first-order chi connectivity index (χ1) is 31.3. The normalized spacial score (nSPS) is 25.6. The summed E-state index contributed by atoms with van der Waals surface area (Å²) in [6, 6.07) is 46.5. The summed E-state index contributed by atoms with van der Waals surface area (Å²) in [5, 5.41) is 17.4. The molecule has 0 unspecified atom stereocenters. The van der Waals surface area contributed by atoms with Crippen molar-refractivity contribution < 1.29 is 52.6 Å². The molecule has 7 rings (SSSR count). The highest BCUT2D eigenvalue weighted by atomic mass is 16.7. The number of carbonyl (C=O) groups is 2. The summed E-state index contributed by atoms with van der Waals surface area (Å²) in [6.45, 7) is 3.86. The van der Waals surface area contributed by atoms with Gasteiger partial charge in [0.1, 0.15) is 48.7 Å². The van der Waals surface area contributed by atoms with Crippen molar-refractivity contribution in [3.05, 3.63) is 179 Å². The first-order valence-corrected chi connectivity index (χ1v) is 21.7. The topological polar surface area (TPSA) is 152 Å². The van der Waals surface area contributed by atoms with Gasteiger partial charge in [-0.05, 0) is 27.8 Å². The molecule has 64 heavy (non-hydrogen) atoms. The summed E-state index contributed by atoms with van der Waals surface area (Å²) in [5.41, 5.74) is 4.60. The molecule has 10 atom stereocenters. The standard InChI is InChI=1S/C51H58N2O11/c1-35(54)52-44-48(60-31-40-24-14-6-15-25-40)47(43(62-50(44)56)34-58-29-38-20-10-4-11-21-38)64-51-45(53-36(2)55)49(61-32-41-26-16-7-17-27-41)46(59-30-39-22-12-5-13-23-39)42(63-51)33-57-28-37-18-8-3-9-19-37/h3-27,42-51,56H,28-34H2,1-2H3,(H,52,54)(H,53,55)/t42-,43-,44+,45+,46-,47-,48-,49-,50+,51+/m1/s1. The third kappa shape index (κ3) is 13.6. The second kappa shape index (κ2) is 24.1. The van der Waals surface area contributed by atoms with Crippen molar-refractivity contribution in [3.63, 3.8) is 0 Å². The first kappa shape index (κ1) is 46.7. The molecule has 0 aliphatic carbocycles. The number of ether oxygens (including phenoxy) is 8. The average Bonchev–Trinajstić information content (AvgIpc) is 3.31. The molecule has 2 heterocycles. The number of aliphatic hydroxyl groups excluding tert-OH is 1. The van der Waals surface area contributed by atoms with Crippen molar-refractivity contribution >= 4 is 11.8 Å². The molecule has 2 saturated heterocycles. The third-order valence-corrected chi connectivity index (χ3v) is 11.0. The highest BCUT2D eigenvalue weighted by Gasteiger charge is 2.54. The van der Waals surface area contributed by atoms with E-state index in [1.807, 2.05) is 152 Å². The summed E-state index contributed by atoms with van der Waals surface area (Å²) in [7, 11) is 0. The summed E-state index contributed by atoms with van der Waals surface area (Å²) < 4.78 is 53.1. The van der Waals surface area contributed by atoms with E-state index in [9.17, 15) is 14.7 Å².